The monoisotopic (exact) mass is 275 g/mol. The molecule has 2 nitrogen and oxygen atoms in total. The van der Waals surface area contributed by atoms with Crippen molar-refractivity contribution in [3.63, 3.8) is 0 Å². The Morgan fingerprint density at radius 1 is 1.00 bits per heavy atom. The second-order valence-corrected chi connectivity index (χ2v) is 4.82. The van der Waals surface area contributed by atoms with Gasteiger partial charge in [-0.25, -0.2) is 0 Å². The maximum atomic E-state index is 6.07. The van der Waals surface area contributed by atoms with Crippen molar-refractivity contribution < 1.29 is 4.74 Å². The van der Waals surface area contributed by atoms with Gasteiger partial charge in [0.1, 0.15) is 6.10 Å². The van der Waals surface area contributed by atoms with Crippen molar-refractivity contribution in [3.05, 3.63) is 70.7 Å². The molecule has 3 heteroatoms. The van der Waals surface area contributed by atoms with Crippen LogP contribution in [-0.2, 0) is 4.74 Å². The molecule has 0 amide bonds. The Kier molecular flexibility index (Phi) is 4.97. The predicted octanol–water partition coefficient (Wildman–Crippen LogP) is 3.99. The highest BCUT2D eigenvalue weighted by Crippen LogP contribution is 2.32. The van der Waals surface area contributed by atoms with Crippen molar-refractivity contribution in [2.45, 2.75) is 12.1 Å². The highest BCUT2D eigenvalue weighted by molar-refractivity contribution is 6.30. The van der Waals surface area contributed by atoms with Crippen molar-refractivity contribution in [1.82, 2.24) is 5.32 Å². The number of hydrogen-bond acceptors (Lipinski definition) is 2. The van der Waals surface area contributed by atoms with Gasteiger partial charge in [0, 0.05) is 12.1 Å². The fraction of sp³-hybridized carbons (Fsp3) is 0.250. The fourth-order valence-electron chi connectivity index (χ4n) is 2.30. The summed E-state index contributed by atoms with van der Waals surface area (Å²) < 4.78 is 5.68. The summed E-state index contributed by atoms with van der Waals surface area (Å²) in [6.07, 6.45) is -0.0512. The second kappa shape index (κ2) is 6.71. The maximum absolute atomic E-state index is 6.07. The lowest BCUT2D eigenvalue weighted by Crippen LogP contribution is -2.25. The molecule has 0 spiro atoms. The molecule has 0 aliphatic carbocycles. The van der Waals surface area contributed by atoms with E-state index in [9.17, 15) is 0 Å². The Bertz CT molecular complexity index is 515. The number of likely N-dealkylation sites (N-methyl/N-ethyl adjacent to an activating group) is 1. The third-order valence-corrected chi connectivity index (χ3v) is 3.44. The van der Waals surface area contributed by atoms with Crippen LogP contribution in [0.1, 0.15) is 23.3 Å². The zero-order chi connectivity index (χ0) is 13.7. The Hall–Kier alpha value is -1.35. The number of rotatable bonds is 5. The third kappa shape index (κ3) is 3.35. The van der Waals surface area contributed by atoms with Crippen molar-refractivity contribution in [2.75, 3.05) is 14.2 Å². The van der Waals surface area contributed by atoms with Crippen LogP contribution in [0.3, 0.4) is 0 Å². The molecule has 2 atom stereocenters. The van der Waals surface area contributed by atoms with Gasteiger partial charge in [-0.2, -0.15) is 0 Å². The van der Waals surface area contributed by atoms with Crippen molar-refractivity contribution >= 4 is 11.6 Å². The Morgan fingerprint density at radius 2 is 1.68 bits per heavy atom. The van der Waals surface area contributed by atoms with E-state index in [1.54, 1.807) is 7.11 Å². The molecular weight excluding hydrogens is 258 g/mol. The predicted molar refractivity (Wildman–Crippen MR) is 79.4 cm³/mol. The van der Waals surface area contributed by atoms with E-state index in [1.807, 2.05) is 43.4 Å². The molecule has 0 aliphatic heterocycles. The average molecular weight is 276 g/mol. The number of methoxy groups -OCH3 is 1. The van der Waals surface area contributed by atoms with Crippen LogP contribution in [0.15, 0.2) is 54.6 Å². The molecule has 0 heterocycles. The van der Waals surface area contributed by atoms with Gasteiger partial charge in [-0.1, -0.05) is 54.1 Å². The molecule has 2 rings (SSSR count). The van der Waals surface area contributed by atoms with E-state index in [4.69, 9.17) is 16.3 Å². The number of nitrogens with one attached hydrogen (secondary N) is 1. The first kappa shape index (κ1) is 14.1. The van der Waals surface area contributed by atoms with E-state index in [0.29, 0.717) is 0 Å². The smallest absolute Gasteiger partial charge is 0.102 e. The van der Waals surface area contributed by atoms with E-state index in [0.717, 1.165) is 16.1 Å². The molecule has 0 saturated heterocycles. The summed E-state index contributed by atoms with van der Waals surface area (Å²) in [5, 5.41) is 4.05. The minimum Gasteiger partial charge on any atom is -0.375 e. The summed E-state index contributed by atoms with van der Waals surface area (Å²) in [5.74, 6) is 0. The maximum Gasteiger partial charge on any atom is 0.102 e. The summed E-state index contributed by atoms with van der Waals surface area (Å²) in [4.78, 5) is 0. The van der Waals surface area contributed by atoms with Gasteiger partial charge in [0.05, 0.1) is 6.04 Å². The Labute approximate surface area is 119 Å². The van der Waals surface area contributed by atoms with E-state index in [-0.39, 0.29) is 12.1 Å². The number of halogens is 1. The van der Waals surface area contributed by atoms with Crippen LogP contribution < -0.4 is 5.32 Å². The zero-order valence-electron chi connectivity index (χ0n) is 11.1. The van der Waals surface area contributed by atoms with Crippen LogP contribution in [-0.4, -0.2) is 14.2 Å². The van der Waals surface area contributed by atoms with Crippen LogP contribution in [0, 0.1) is 0 Å². The van der Waals surface area contributed by atoms with Gasteiger partial charge < -0.3 is 10.1 Å². The quantitative estimate of drug-likeness (QED) is 0.891. The van der Waals surface area contributed by atoms with Crippen LogP contribution >= 0.6 is 11.6 Å². The molecule has 0 radical (unpaired) electrons. The summed E-state index contributed by atoms with van der Waals surface area (Å²) in [6.45, 7) is 0. The summed E-state index contributed by atoms with van der Waals surface area (Å²) >= 11 is 6.07. The molecule has 0 saturated carbocycles. The van der Waals surface area contributed by atoms with Gasteiger partial charge in [0.15, 0.2) is 0 Å². The lowest BCUT2D eigenvalue weighted by Gasteiger charge is -2.26. The summed E-state index contributed by atoms with van der Waals surface area (Å²) in [5.41, 5.74) is 2.26. The number of benzene rings is 2. The number of hydrogen-bond donors (Lipinski definition) is 1. The van der Waals surface area contributed by atoms with E-state index >= 15 is 0 Å². The third-order valence-electron chi connectivity index (χ3n) is 3.20. The minimum absolute atomic E-state index is 0.0512. The van der Waals surface area contributed by atoms with E-state index in [1.165, 1.54) is 0 Å². The molecule has 100 valence electrons. The molecule has 2 aromatic rings. The standard InChI is InChI=1S/C16H18ClNO/c1-18-15(13-9-6-10-14(17)11-13)16(19-2)12-7-4-3-5-8-12/h3-11,15-16,18H,1-2H3. The largest absolute Gasteiger partial charge is 0.375 e. The SMILES string of the molecule is CNC(c1cccc(Cl)c1)C(OC)c1ccccc1. The molecule has 0 aromatic heterocycles. The fourth-order valence-corrected chi connectivity index (χ4v) is 2.50. The van der Waals surface area contributed by atoms with Crippen molar-refractivity contribution in [2.24, 2.45) is 0 Å². The first-order valence-electron chi connectivity index (χ1n) is 6.26. The van der Waals surface area contributed by atoms with Gasteiger partial charge in [-0.15, -0.1) is 0 Å². The Balaban J connectivity index is 2.34. The average Bonchev–Trinajstić information content (AvgIpc) is 2.45. The molecule has 0 bridgehead atoms. The Morgan fingerprint density at radius 3 is 2.26 bits per heavy atom. The van der Waals surface area contributed by atoms with Gasteiger partial charge >= 0.3 is 0 Å². The van der Waals surface area contributed by atoms with E-state index in [2.05, 4.69) is 23.5 Å². The van der Waals surface area contributed by atoms with Crippen molar-refractivity contribution in [1.29, 1.82) is 0 Å². The second-order valence-electron chi connectivity index (χ2n) is 4.39. The van der Waals surface area contributed by atoms with Gasteiger partial charge in [-0.05, 0) is 30.3 Å². The van der Waals surface area contributed by atoms with Gasteiger partial charge in [0.25, 0.3) is 0 Å². The van der Waals surface area contributed by atoms with Gasteiger partial charge in [-0.3, -0.25) is 0 Å². The minimum atomic E-state index is -0.0512. The van der Waals surface area contributed by atoms with E-state index < -0.39 is 0 Å². The highest BCUT2D eigenvalue weighted by atomic mass is 35.5. The molecular formula is C16H18ClNO. The molecule has 0 fully saturated rings. The first-order valence-corrected chi connectivity index (χ1v) is 6.64. The van der Waals surface area contributed by atoms with Crippen LogP contribution in [0.2, 0.25) is 5.02 Å². The topological polar surface area (TPSA) is 21.3 Å². The first-order chi connectivity index (χ1) is 9.26. The molecule has 1 N–H and O–H groups in total. The number of ether oxygens (including phenoxy) is 1. The lowest BCUT2D eigenvalue weighted by atomic mass is 9.96. The molecule has 0 aliphatic rings. The highest BCUT2D eigenvalue weighted by Gasteiger charge is 2.23. The van der Waals surface area contributed by atoms with Crippen LogP contribution in [0.5, 0.6) is 0 Å². The normalized spacial score (nSPS) is 14.1. The van der Waals surface area contributed by atoms with Crippen LogP contribution in [0.4, 0.5) is 0 Å². The van der Waals surface area contributed by atoms with Gasteiger partial charge in [0.2, 0.25) is 0 Å². The summed E-state index contributed by atoms with van der Waals surface area (Å²) in [7, 11) is 3.66. The molecule has 2 aromatic carbocycles. The lowest BCUT2D eigenvalue weighted by molar-refractivity contribution is 0.0702. The van der Waals surface area contributed by atoms with Crippen molar-refractivity contribution in [3.8, 4) is 0 Å². The summed E-state index contributed by atoms with van der Waals surface area (Å²) in [6, 6.07) is 18.1. The van der Waals surface area contributed by atoms with Crippen LogP contribution in [0.25, 0.3) is 0 Å². The zero-order valence-corrected chi connectivity index (χ0v) is 11.9. The molecule has 19 heavy (non-hydrogen) atoms. The molecule has 2 unspecified atom stereocenters.